The maximum absolute atomic E-state index is 5.66. The van der Waals surface area contributed by atoms with E-state index in [9.17, 15) is 0 Å². The molecule has 0 aliphatic carbocycles. The summed E-state index contributed by atoms with van der Waals surface area (Å²) in [6.45, 7) is 6.25. The first-order valence-electron chi connectivity index (χ1n) is 6.68. The maximum atomic E-state index is 5.66. The Labute approximate surface area is 95.8 Å². The molecule has 15 heavy (non-hydrogen) atoms. The van der Waals surface area contributed by atoms with Crippen molar-refractivity contribution in [3.63, 3.8) is 0 Å². The number of hydrogen-bond acceptors (Lipinski definition) is 2. The zero-order valence-electron chi connectivity index (χ0n) is 10.7. The molecule has 0 bridgehead atoms. The van der Waals surface area contributed by atoms with Crippen LogP contribution < -0.4 is 11.5 Å². The van der Waals surface area contributed by atoms with Gasteiger partial charge in [0.1, 0.15) is 0 Å². The van der Waals surface area contributed by atoms with E-state index >= 15 is 0 Å². The highest BCUT2D eigenvalue weighted by atomic mass is 14.5. The van der Waals surface area contributed by atoms with Crippen LogP contribution in [-0.2, 0) is 0 Å². The second-order valence-electron chi connectivity index (χ2n) is 4.67. The highest BCUT2D eigenvalue weighted by Crippen LogP contribution is 2.25. The van der Waals surface area contributed by atoms with Crippen molar-refractivity contribution in [1.29, 1.82) is 0 Å². The summed E-state index contributed by atoms with van der Waals surface area (Å²) in [6, 6.07) is 0. The molecule has 0 aliphatic heterocycles. The molecule has 0 aromatic heterocycles. The van der Waals surface area contributed by atoms with Crippen LogP contribution in [0, 0.1) is 11.8 Å². The quantitative estimate of drug-likeness (QED) is 0.587. The van der Waals surface area contributed by atoms with Crippen molar-refractivity contribution in [2.24, 2.45) is 23.3 Å². The molecule has 2 nitrogen and oxygen atoms in total. The summed E-state index contributed by atoms with van der Waals surface area (Å²) in [6.07, 6.45) is 8.98. The van der Waals surface area contributed by atoms with Crippen molar-refractivity contribution in [3.8, 4) is 0 Å². The molecule has 0 fully saturated rings. The standard InChI is InChI=1S/C13H30N2/c1-3-6-13(8-10-15)11-12(4-2)7-5-9-14/h12-13H,3-11,14-15H2,1-2H3. The van der Waals surface area contributed by atoms with Gasteiger partial charge in [-0.15, -0.1) is 0 Å². The van der Waals surface area contributed by atoms with Gasteiger partial charge < -0.3 is 11.5 Å². The predicted octanol–water partition coefficient (Wildman–Crippen LogP) is 2.91. The molecule has 0 radical (unpaired) electrons. The second kappa shape index (κ2) is 10.4. The van der Waals surface area contributed by atoms with Gasteiger partial charge in [-0.3, -0.25) is 0 Å². The van der Waals surface area contributed by atoms with Crippen molar-refractivity contribution in [3.05, 3.63) is 0 Å². The molecule has 92 valence electrons. The summed E-state index contributed by atoms with van der Waals surface area (Å²) >= 11 is 0. The van der Waals surface area contributed by atoms with Crippen LogP contribution in [0.3, 0.4) is 0 Å². The summed E-state index contributed by atoms with van der Waals surface area (Å²) in [5.41, 5.74) is 11.2. The van der Waals surface area contributed by atoms with Gasteiger partial charge in [0.25, 0.3) is 0 Å². The Morgan fingerprint density at radius 3 is 2.07 bits per heavy atom. The van der Waals surface area contributed by atoms with E-state index in [1.165, 1.54) is 44.9 Å². The summed E-state index contributed by atoms with van der Waals surface area (Å²) in [5, 5.41) is 0. The van der Waals surface area contributed by atoms with Crippen molar-refractivity contribution in [2.75, 3.05) is 13.1 Å². The molecule has 4 N–H and O–H groups in total. The van der Waals surface area contributed by atoms with Crippen molar-refractivity contribution >= 4 is 0 Å². The molecule has 0 saturated carbocycles. The summed E-state index contributed by atoms with van der Waals surface area (Å²) < 4.78 is 0. The molecular weight excluding hydrogens is 184 g/mol. The van der Waals surface area contributed by atoms with E-state index in [2.05, 4.69) is 13.8 Å². The fourth-order valence-corrected chi connectivity index (χ4v) is 2.39. The average Bonchev–Trinajstić information content (AvgIpc) is 2.24. The highest BCUT2D eigenvalue weighted by molar-refractivity contribution is 4.66. The number of hydrogen-bond donors (Lipinski definition) is 2. The van der Waals surface area contributed by atoms with Gasteiger partial charge in [0.15, 0.2) is 0 Å². The van der Waals surface area contributed by atoms with Gasteiger partial charge in [-0.25, -0.2) is 0 Å². The Morgan fingerprint density at radius 1 is 0.867 bits per heavy atom. The van der Waals surface area contributed by atoms with Crippen LogP contribution >= 0.6 is 0 Å². The normalized spacial score (nSPS) is 15.2. The SMILES string of the molecule is CCCC(CCN)CC(CC)CCCN. The van der Waals surface area contributed by atoms with E-state index < -0.39 is 0 Å². The first-order chi connectivity index (χ1) is 7.28. The van der Waals surface area contributed by atoms with E-state index in [1.54, 1.807) is 0 Å². The van der Waals surface area contributed by atoms with Gasteiger partial charge in [0.2, 0.25) is 0 Å². The zero-order valence-corrected chi connectivity index (χ0v) is 10.7. The molecular formula is C13H30N2. The molecule has 2 atom stereocenters. The Balaban J connectivity index is 3.85. The number of rotatable bonds is 10. The molecule has 0 heterocycles. The largest absolute Gasteiger partial charge is 0.330 e. The monoisotopic (exact) mass is 214 g/mol. The Bertz CT molecular complexity index is 120. The average molecular weight is 214 g/mol. The maximum Gasteiger partial charge on any atom is -0.00746 e. The molecule has 2 unspecified atom stereocenters. The minimum absolute atomic E-state index is 0.839. The Hall–Kier alpha value is -0.0800. The van der Waals surface area contributed by atoms with Crippen LogP contribution in [0.15, 0.2) is 0 Å². The zero-order chi connectivity index (χ0) is 11.5. The van der Waals surface area contributed by atoms with Crippen LogP contribution in [0.25, 0.3) is 0 Å². The van der Waals surface area contributed by atoms with Gasteiger partial charge in [-0.05, 0) is 50.6 Å². The lowest BCUT2D eigenvalue weighted by Crippen LogP contribution is -2.14. The molecule has 0 spiro atoms. The van der Waals surface area contributed by atoms with Gasteiger partial charge in [0.05, 0.1) is 0 Å². The third-order valence-corrected chi connectivity index (χ3v) is 3.33. The lowest BCUT2D eigenvalue weighted by molar-refractivity contribution is 0.312. The van der Waals surface area contributed by atoms with E-state index in [-0.39, 0.29) is 0 Å². The lowest BCUT2D eigenvalue weighted by Gasteiger charge is -2.22. The smallest absolute Gasteiger partial charge is 0.00746 e. The van der Waals surface area contributed by atoms with Crippen LogP contribution in [0.4, 0.5) is 0 Å². The first-order valence-corrected chi connectivity index (χ1v) is 6.68. The number of nitrogens with two attached hydrogens (primary N) is 2. The van der Waals surface area contributed by atoms with Gasteiger partial charge >= 0.3 is 0 Å². The third-order valence-electron chi connectivity index (χ3n) is 3.33. The fraction of sp³-hybridized carbons (Fsp3) is 1.00. The fourth-order valence-electron chi connectivity index (χ4n) is 2.39. The summed E-state index contributed by atoms with van der Waals surface area (Å²) in [4.78, 5) is 0. The van der Waals surface area contributed by atoms with Gasteiger partial charge in [-0.1, -0.05) is 33.1 Å². The highest BCUT2D eigenvalue weighted by Gasteiger charge is 2.13. The molecule has 0 rings (SSSR count). The van der Waals surface area contributed by atoms with Crippen LogP contribution in [0.1, 0.15) is 58.8 Å². The summed E-state index contributed by atoms with van der Waals surface area (Å²) in [7, 11) is 0. The first kappa shape index (κ1) is 14.9. The van der Waals surface area contributed by atoms with E-state index in [0.717, 1.165) is 24.9 Å². The van der Waals surface area contributed by atoms with E-state index in [1.807, 2.05) is 0 Å². The van der Waals surface area contributed by atoms with E-state index in [0.29, 0.717) is 0 Å². The molecule has 0 aromatic rings. The van der Waals surface area contributed by atoms with Crippen LogP contribution in [0.5, 0.6) is 0 Å². The topological polar surface area (TPSA) is 52.0 Å². The molecule has 0 amide bonds. The van der Waals surface area contributed by atoms with Crippen LogP contribution in [-0.4, -0.2) is 13.1 Å². The van der Waals surface area contributed by atoms with Crippen molar-refractivity contribution < 1.29 is 0 Å². The molecule has 2 heteroatoms. The molecule has 0 aromatic carbocycles. The lowest BCUT2D eigenvalue weighted by atomic mass is 9.85. The second-order valence-corrected chi connectivity index (χ2v) is 4.67. The van der Waals surface area contributed by atoms with Gasteiger partial charge in [-0.2, -0.15) is 0 Å². The Morgan fingerprint density at radius 2 is 1.60 bits per heavy atom. The van der Waals surface area contributed by atoms with Gasteiger partial charge in [0, 0.05) is 0 Å². The van der Waals surface area contributed by atoms with Crippen molar-refractivity contribution in [1.82, 2.24) is 0 Å². The molecule has 0 saturated heterocycles. The summed E-state index contributed by atoms with van der Waals surface area (Å²) in [5.74, 6) is 1.72. The van der Waals surface area contributed by atoms with E-state index in [4.69, 9.17) is 11.5 Å². The predicted molar refractivity (Wildman–Crippen MR) is 68.8 cm³/mol. The third kappa shape index (κ3) is 7.80. The minimum atomic E-state index is 0.839. The molecule has 0 aliphatic rings. The van der Waals surface area contributed by atoms with Crippen LogP contribution in [0.2, 0.25) is 0 Å². The minimum Gasteiger partial charge on any atom is -0.330 e. The Kier molecular flexibility index (Phi) is 10.4. The van der Waals surface area contributed by atoms with Crippen molar-refractivity contribution in [2.45, 2.75) is 58.8 Å².